The third kappa shape index (κ3) is 1.98. The van der Waals surface area contributed by atoms with Crippen LogP contribution < -0.4 is 9.64 Å². The van der Waals surface area contributed by atoms with Crippen molar-refractivity contribution in [3.05, 3.63) is 11.0 Å². The maximum absolute atomic E-state index is 11.2. The van der Waals surface area contributed by atoms with Gasteiger partial charge in [-0.25, -0.2) is 9.78 Å². The van der Waals surface area contributed by atoms with Crippen LogP contribution in [-0.2, 0) is 4.74 Å². The van der Waals surface area contributed by atoms with Crippen molar-refractivity contribution in [3.8, 4) is 5.75 Å². The van der Waals surface area contributed by atoms with Crippen molar-refractivity contribution in [1.82, 2.24) is 9.97 Å². The molecular formula is C11H12ClN3O4. The van der Waals surface area contributed by atoms with Crippen molar-refractivity contribution in [2.75, 3.05) is 24.7 Å². The predicted octanol–water partition coefficient (Wildman–Crippen LogP) is 0.814. The van der Waals surface area contributed by atoms with Gasteiger partial charge in [0.1, 0.15) is 6.61 Å². The van der Waals surface area contributed by atoms with Crippen molar-refractivity contribution >= 4 is 23.4 Å². The quantitative estimate of drug-likeness (QED) is 0.764. The first-order valence-corrected chi connectivity index (χ1v) is 6.25. The van der Waals surface area contributed by atoms with Gasteiger partial charge < -0.3 is 19.5 Å². The number of nitrogens with zero attached hydrogens (tertiary/aromatic N) is 3. The number of morpholine rings is 1. The first kappa shape index (κ1) is 12.4. The molecule has 1 fully saturated rings. The summed E-state index contributed by atoms with van der Waals surface area (Å²) in [6.45, 7) is 3.41. The Balaban J connectivity index is 2.13. The van der Waals surface area contributed by atoms with Crippen LogP contribution >= 0.6 is 11.6 Å². The van der Waals surface area contributed by atoms with Gasteiger partial charge in [-0.3, -0.25) is 0 Å². The number of rotatable bonds is 1. The van der Waals surface area contributed by atoms with E-state index < -0.39 is 5.97 Å². The van der Waals surface area contributed by atoms with Gasteiger partial charge in [0.15, 0.2) is 17.3 Å². The fraction of sp³-hybridized carbons (Fsp3) is 0.545. The fourth-order valence-electron chi connectivity index (χ4n) is 2.45. The minimum Gasteiger partial charge on any atom is -0.485 e. The van der Waals surface area contributed by atoms with Crippen molar-refractivity contribution in [2.24, 2.45) is 0 Å². The minimum absolute atomic E-state index is 0.0175. The Morgan fingerprint density at radius 2 is 2.21 bits per heavy atom. The molecule has 102 valence electrons. The van der Waals surface area contributed by atoms with Gasteiger partial charge in [0.05, 0.1) is 25.3 Å². The second-order valence-electron chi connectivity index (χ2n) is 4.56. The Kier molecular flexibility index (Phi) is 2.94. The number of hydrogen-bond acceptors (Lipinski definition) is 6. The Hall–Kier alpha value is -1.60. The molecule has 3 rings (SSSR count). The van der Waals surface area contributed by atoms with Crippen LogP contribution in [0.5, 0.6) is 5.75 Å². The number of carbonyl (C=O) groups is 1. The summed E-state index contributed by atoms with van der Waals surface area (Å²) in [7, 11) is 0. The lowest BCUT2D eigenvalue weighted by Crippen LogP contribution is -2.56. The molecule has 2 unspecified atom stereocenters. The molecule has 2 aliphatic rings. The highest BCUT2D eigenvalue weighted by molar-refractivity contribution is 6.28. The molecule has 1 aromatic heterocycles. The number of fused-ring (bicyclic) bond motifs is 3. The molecule has 0 amide bonds. The van der Waals surface area contributed by atoms with Gasteiger partial charge in [-0.1, -0.05) is 0 Å². The predicted molar refractivity (Wildman–Crippen MR) is 66.0 cm³/mol. The van der Waals surface area contributed by atoms with Crippen LogP contribution in [0.25, 0.3) is 0 Å². The van der Waals surface area contributed by atoms with E-state index in [0.29, 0.717) is 25.6 Å². The van der Waals surface area contributed by atoms with E-state index in [0.717, 1.165) is 0 Å². The topological polar surface area (TPSA) is 84.8 Å². The van der Waals surface area contributed by atoms with Crippen LogP contribution in [0.1, 0.15) is 17.4 Å². The zero-order valence-electron chi connectivity index (χ0n) is 10.2. The molecule has 0 aliphatic carbocycles. The second-order valence-corrected chi connectivity index (χ2v) is 4.90. The number of halogens is 1. The standard InChI is InChI=1S/C11H12ClN3O4/c1-5-2-18-3-6-4-19-8-7(10(16)17)13-11(12)14-9(8)15(5)6/h5-6H,2-4H2,1H3,(H,16,17). The Labute approximate surface area is 114 Å². The first-order valence-electron chi connectivity index (χ1n) is 5.87. The van der Waals surface area contributed by atoms with Gasteiger partial charge in [0.2, 0.25) is 5.28 Å². The monoisotopic (exact) mass is 285 g/mol. The lowest BCUT2D eigenvalue weighted by molar-refractivity contribution is 0.0475. The maximum atomic E-state index is 11.2. The molecule has 1 aromatic rings. The molecular weight excluding hydrogens is 274 g/mol. The first-order chi connectivity index (χ1) is 9.08. The third-order valence-electron chi connectivity index (χ3n) is 3.23. The SMILES string of the molecule is CC1COCC2COc3c(C(=O)O)nc(Cl)nc3N12. The molecule has 2 atom stereocenters. The number of aromatic nitrogens is 2. The van der Waals surface area contributed by atoms with Crippen molar-refractivity contribution in [2.45, 2.75) is 19.0 Å². The third-order valence-corrected chi connectivity index (χ3v) is 3.39. The average molecular weight is 286 g/mol. The van der Waals surface area contributed by atoms with Gasteiger partial charge in [0, 0.05) is 0 Å². The van der Waals surface area contributed by atoms with E-state index in [1.807, 2.05) is 11.8 Å². The van der Waals surface area contributed by atoms with Crippen LogP contribution in [0.4, 0.5) is 5.82 Å². The summed E-state index contributed by atoms with van der Waals surface area (Å²) in [5.41, 5.74) is -0.202. The number of carboxylic acid groups (broad SMARTS) is 1. The molecule has 3 heterocycles. The average Bonchev–Trinajstić information content (AvgIpc) is 2.37. The summed E-state index contributed by atoms with van der Waals surface area (Å²) < 4.78 is 11.0. The van der Waals surface area contributed by atoms with Crippen molar-refractivity contribution in [3.63, 3.8) is 0 Å². The summed E-state index contributed by atoms with van der Waals surface area (Å²) in [6, 6.07) is 0.0953. The molecule has 0 radical (unpaired) electrons. The molecule has 0 saturated carbocycles. The molecule has 0 spiro atoms. The molecule has 8 heteroatoms. The van der Waals surface area contributed by atoms with E-state index in [1.165, 1.54) is 0 Å². The Morgan fingerprint density at radius 1 is 1.42 bits per heavy atom. The van der Waals surface area contributed by atoms with Crippen molar-refractivity contribution < 1.29 is 19.4 Å². The number of hydrogen-bond donors (Lipinski definition) is 1. The van der Waals surface area contributed by atoms with Gasteiger partial charge in [0.25, 0.3) is 0 Å². The fourth-order valence-corrected chi connectivity index (χ4v) is 2.61. The van der Waals surface area contributed by atoms with Crippen molar-refractivity contribution in [1.29, 1.82) is 0 Å². The summed E-state index contributed by atoms with van der Waals surface area (Å²) in [4.78, 5) is 21.0. The molecule has 0 bridgehead atoms. The van der Waals surface area contributed by atoms with E-state index in [2.05, 4.69) is 9.97 Å². The second kappa shape index (κ2) is 4.50. The van der Waals surface area contributed by atoms with E-state index in [4.69, 9.17) is 26.2 Å². The zero-order chi connectivity index (χ0) is 13.6. The van der Waals surface area contributed by atoms with E-state index >= 15 is 0 Å². The van der Waals surface area contributed by atoms with Gasteiger partial charge >= 0.3 is 5.97 Å². The minimum atomic E-state index is -1.18. The number of aromatic carboxylic acids is 1. The summed E-state index contributed by atoms with van der Waals surface area (Å²) in [6.07, 6.45) is 0. The van der Waals surface area contributed by atoms with E-state index in [-0.39, 0.29) is 28.8 Å². The highest BCUT2D eigenvalue weighted by Crippen LogP contribution is 2.37. The van der Waals surface area contributed by atoms with E-state index in [9.17, 15) is 4.79 Å². The number of ether oxygens (including phenoxy) is 2. The highest BCUT2D eigenvalue weighted by atomic mass is 35.5. The molecule has 2 aliphatic heterocycles. The number of anilines is 1. The molecule has 19 heavy (non-hydrogen) atoms. The van der Waals surface area contributed by atoms with Crippen LogP contribution in [0.15, 0.2) is 0 Å². The summed E-state index contributed by atoms with van der Waals surface area (Å²) >= 11 is 5.81. The molecule has 1 saturated heterocycles. The van der Waals surface area contributed by atoms with Gasteiger partial charge in [-0.15, -0.1) is 0 Å². The normalized spacial score (nSPS) is 25.3. The Bertz CT molecular complexity index is 539. The lowest BCUT2D eigenvalue weighted by Gasteiger charge is -2.44. The largest absolute Gasteiger partial charge is 0.485 e. The van der Waals surface area contributed by atoms with E-state index in [1.54, 1.807) is 0 Å². The van der Waals surface area contributed by atoms with Crippen LogP contribution in [-0.4, -0.2) is 52.9 Å². The van der Waals surface area contributed by atoms with Gasteiger partial charge in [-0.05, 0) is 18.5 Å². The zero-order valence-corrected chi connectivity index (χ0v) is 10.9. The lowest BCUT2D eigenvalue weighted by atomic mass is 10.1. The van der Waals surface area contributed by atoms with Crippen LogP contribution in [0.2, 0.25) is 5.28 Å². The summed E-state index contributed by atoms with van der Waals surface area (Å²) in [5, 5.41) is 9.06. The smallest absolute Gasteiger partial charge is 0.358 e. The molecule has 7 nitrogen and oxygen atoms in total. The van der Waals surface area contributed by atoms with Gasteiger partial charge in [-0.2, -0.15) is 4.98 Å². The van der Waals surface area contributed by atoms with Crippen LogP contribution in [0, 0.1) is 0 Å². The highest BCUT2D eigenvalue weighted by Gasteiger charge is 2.38. The Morgan fingerprint density at radius 3 is 2.95 bits per heavy atom. The summed E-state index contributed by atoms with van der Waals surface area (Å²) in [5.74, 6) is -0.564. The number of carboxylic acids is 1. The van der Waals surface area contributed by atoms with Crippen LogP contribution in [0.3, 0.4) is 0 Å². The molecule has 0 aromatic carbocycles. The molecule has 1 N–H and O–H groups in total. The maximum Gasteiger partial charge on any atom is 0.358 e.